The van der Waals surface area contributed by atoms with Gasteiger partial charge in [0.05, 0.1) is 18.8 Å². The molecule has 1 fully saturated rings. The standard InChI is InChI=1S/C13H19ClFN3O/c1-2-18-5-6-19-12(8-18)13(17-16)10-7-9(15)3-4-11(10)14/h3-4,7,12-13,17H,2,5-6,8,16H2,1H3. The first-order valence-electron chi connectivity index (χ1n) is 6.40. The van der Waals surface area contributed by atoms with Gasteiger partial charge >= 0.3 is 0 Å². The van der Waals surface area contributed by atoms with E-state index < -0.39 is 0 Å². The minimum atomic E-state index is -0.331. The maximum absolute atomic E-state index is 13.4. The Hall–Kier alpha value is -0.720. The van der Waals surface area contributed by atoms with Crippen molar-refractivity contribution in [3.05, 3.63) is 34.6 Å². The van der Waals surface area contributed by atoms with Crippen molar-refractivity contribution < 1.29 is 9.13 Å². The van der Waals surface area contributed by atoms with Gasteiger partial charge in [-0.25, -0.2) is 4.39 Å². The van der Waals surface area contributed by atoms with Crippen molar-refractivity contribution in [3.8, 4) is 0 Å². The Morgan fingerprint density at radius 3 is 3.11 bits per heavy atom. The predicted octanol–water partition coefficient (Wildman–Crippen LogP) is 1.70. The van der Waals surface area contributed by atoms with Crippen LogP contribution >= 0.6 is 11.6 Å². The van der Waals surface area contributed by atoms with Gasteiger partial charge in [0.2, 0.25) is 0 Å². The number of nitrogens with zero attached hydrogens (tertiary/aromatic N) is 1. The molecule has 19 heavy (non-hydrogen) atoms. The monoisotopic (exact) mass is 287 g/mol. The minimum Gasteiger partial charge on any atom is -0.374 e. The van der Waals surface area contributed by atoms with Crippen LogP contribution in [0.25, 0.3) is 0 Å². The van der Waals surface area contributed by atoms with Crippen molar-refractivity contribution in [1.82, 2.24) is 10.3 Å². The van der Waals surface area contributed by atoms with Crippen molar-refractivity contribution in [2.75, 3.05) is 26.2 Å². The second-order valence-electron chi connectivity index (χ2n) is 4.61. The van der Waals surface area contributed by atoms with Crippen LogP contribution in [-0.2, 0) is 4.74 Å². The third-order valence-electron chi connectivity index (χ3n) is 3.47. The Bertz CT molecular complexity index is 432. The molecule has 3 N–H and O–H groups in total. The highest BCUT2D eigenvalue weighted by Gasteiger charge is 2.29. The average molecular weight is 288 g/mol. The van der Waals surface area contributed by atoms with Crippen molar-refractivity contribution in [1.29, 1.82) is 0 Å². The highest BCUT2D eigenvalue weighted by atomic mass is 35.5. The highest BCUT2D eigenvalue weighted by Crippen LogP contribution is 2.28. The van der Waals surface area contributed by atoms with Crippen LogP contribution in [0.2, 0.25) is 5.02 Å². The summed E-state index contributed by atoms with van der Waals surface area (Å²) in [6.45, 7) is 5.35. The lowest BCUT2D eigenvalue weighted by molar-refractivity contribution is -0.0456. The van der Waals surface area contributed by atoms with Crippen LogP contribution in [0.5, 0.6) is 0 Å². The van der Waals surface area contributed by atoms with Crippen LogP contribution < -0.4 is 11.3 Å². The van der Waals surface area contributed by atoms with Gasteiger partial charge < -0.3 is 4.74 Å². The molecule has 0 bridgehead atoms. The van der Waals surface area contributed by atoms with E-state index in [1.807, 2.05) is 0 Å². The molecule has 2 atom stereocenters. The number of ether oxygens (including phenoxy) is 1. The molecular weight excluding hydrogens is 269 g/mol. The van der Waals surface area contributed by atoms with Gasteiger partial charge in [0, 0.05) is 18.1 Å². The minimum absolute atomic E-state index is 0.141. The molecule has 2 rings (SSSR count). The van der Waals surface area contributed by atoms with Gasteiger partial charge in [-0.15, -0.1) is 0 Å². The normalized spacial score (nSPS) is 22.4. The van der Waals surface area contributed by atoms with Crippen molar-refractivity contribution in [2.45, 2.75) is 19.1 Å². The predicted molar refractivity (Wildman–Crippen MR) is 73.3 cm³/mol. The van der Waals surface area contributed by atoms with E-state index in [4.69, 9.17) is 22.2 Å². The zero-order chi connectivity index (χ0) is 13.8. The van der Waals surface area contributed by atoms with Gasteiger partial charge in [0.25, 0.3) is 0 Å². The van der Waals surface area contributed by atoms with Gasteiger partial charge in [0.1, 0.15) is 5.82 Å². The van der Waals surface area contributed by atoms with Gasteiger partial charge in [-0.1, -0.05) is 18.5 Å². The Kier molecular flexibility index (Phi) is 5.13. The molecular formula is C13H19ClFN3O. The molecule has 1 aliphatic heterocycles. The van der Waals surface area contributed by atoms with Crippen LogP contribution in [0, 0.1) is 5.82 Å². The number of hydrogen-bond acceptors (Lipinski definition) is 4. The lowest BCUT2D eigenvalue weighted by Crippen LogP contribution is -2.49. The molecule has 0 aromatic heterocycles. The maximum atomic E-state index is 13.4. The number of nitrogens with two attached hydrogens (primary N) is 1. The van der Waals surface area contributed by atoms with E-state index in [-0.39, 0.29) is 18.0 Å². The van der Waals surface area contributed by atoms with E-state index >= 15 is 0 Å². The summed E-state index contributed by atoms with van der Waals surface area (Å²) in [5.41, 5.74) is 3.33. The van der Waals surface area contributed by atoms with E-state index in [9.17, 15) is 4.39 Å². The maximum Gasteiger partial charge on any atom is 0.123 e. The molecule has 0 radical (unpaired) electrons. The second kappa shape index (κ2) is 6.63. The molecule has 1 aromatic rings. The molecule has 4 nitrogen and oxygen atoms in total. The summed E-state index contributed by atoms with van der Waals surface area (Å²) in [6, 6.07) is 3.95. The highest BCUT2D eigenvalue weighted by molar-refractivity contribution is 6.31. The van der Waals surface area contributed by atoms with Crippen molar-refractivity contribution in [3.63, 3.8) is 0 Å². The lowest BCUT2D eigenvalue weighted by atomic mass is 10.0. The number of morpholine rings is 1. The Morgan fingerprint density at radius 2 is 2.42 bits per heavy atom. The molecule has 6 heteroatoms. The first-order chi connectivity index (χ1) is 9.15. The lowest BCUT2D eigenvalue weighted by Gasteiger charge is -2.36. The fourth-order valence-electron chi connectivity index (χ4n) is 2.37. The Morgan fingerprint density at radius 1 is 1.63 bits per heavy atom. The fourth-order valence-corrected chi connectivity index (χ4v) is 2.61. The van der Waals surface area contributed by atoms with Crippen LogP contribution in [0.1, 0.15) is 18.5 Å². The molecule has 0 saturated carbocycles. The topological polar surface area (TPSA) is 50.5 Å². The van der Waals surface area contributed by atoms with E-state index in [0.717, 1.165) is 19.6 Å². The summed E-state index contributed by atoms with van der Waals surface area (Å²) in [6.07, 6.45) is -0.141. The second-order valence-corrected chi connectivity index (χ2v) is 5.02. The van der Waals surface area contributed by atoms with Crippen LogP contribution in [0.3, 0.4) is 0 Å². The fraction of sp³-hybridized carbons (Fsp3) is 0.538. The number of likely N-dealkylation sites (N-methyl/N-ethyl adjacent to an activating group) is 1. The molecule has 0 aliphatic carbocycles. The van der Waals surface area contributed by atoms with E-state index in [2.05, 4.69) is 17.2 Å². The smallest absolute Gasteiger partial charge is 0.123 e. The Balaban J connectivity index is 2.21. The number of benzene rings is 1. The van der Waals surface area contributed by atoms with Crippen LogP contribution in [0.15, 0.2) is 18.2 Å². The van der Waals surface area contributed by atoms with Crippen LogP contribution in [-0.4, -0.2) is 37.2 Å². The summed E-state index contributed by atoms with van der Waals surface area (Å²) in [5, 5.41) is 0.488. The number of halogens is 2. The molecule has 1 aliphatic rings. The van der Waals surface area contributed by atoms with Crippen molar-refractivity contribution in [2.24, 2.45) is 5.84 Å². The number of rotatable bonds is 4. The number of hydrogen-bond donors (Lipinski definition) is 2. The molecule has 1 heterocycles. The largest absolute Gasteiger partial charge is 0.374 e. The molecule has 2 unspecified atom stereocenters. The Labute approximate surface area is 117 Å². The summed E-state index contributed by atoms with van der Waals surface area (Å²) < 4.78 is 19.1. The average Bonchev–Trinajstić information content (AvgIpc) is 2.44. The third kappa shape index (κ3) is 3.43. The SMILES string of the molecule is CCN1CCOC(C(NN)c2cc(F)ccc2Cl)C1. The zero-order valence-electron chi connectivity index (χ0n) is 10.9. The molecule has 1 saturated heterocycles. The van der Waals surface area contributed by atoms with E-state index in [0.29, 0.717) is 17.2 Å². The van der Waals surface area contributed by atoms with Gasteiger partial charge in [0.15, 0.2) is 0 Å². The molecule has 0 amide bonds. The van der Waals surface area contributed by atoms with E-state index in [1.54, 1.807) is 0 Å². The van der Waals surface area contributed by atoms with Crippen LogP contribution in [0.4, 0.5) is 4.39 Å². The first kappa shape index (κ1) is 14.7. The summed E-state index contributed by atoms with van der Waals surface area (Å²) in [7, 11) is 0. The zero-order valence-corrected chi connectivity index (χ0v) is 11.7. The summed E-state index contributed by atoms with van der Waals surface area (Å²) in [5.74, 6) is 5.28. The summed E-state index contributed by atoms with van der Waals surface area (Å²) in [4.78, 5) is 2.27. The molecule has 1 aromatic carbocycles. The quantitative estimate of drug-likeness (QED) is 0.654. The first-order valence-corrected chi connectivity index (χ1v) is 6.78. The number of hydrazine groups is 1. The summed E-state index contributed by atoms with van der Waals surface area (Å²) >= 11 is 6.13. The van der Waals surface area contributed by atoms with Gasteiger partial charge in [-0.05, 0) is 30.3 Å². The number of nitrogens with one attached hydrogen (secondary N) is 1. The van der Waals surface area contributed by atoms with Crippen molar-refractivity contribution >= 4 is 11.6 Å². The van der Waals surface area contributed by atoms with Gasteiger partial charge in [-0.2, -0.15) is 0 Å². The van der Waals surface area contributed by atoms with Gasteiger partial charge in [-0.3, -0.25) is 16.2 Å². The third-order valence-corrected chi connectivity index (χ3v) is 3.81. The molecule has 0 spiro atoms. The molecule has 106 valence electrons. The van der Waals surface area contributed by atoms with E-state index in [1.165, 1.54) is 18.2 Å².